The number of sulfonamides is 1. The standard InChI is InChI=1S/C25H20F3N3O2S/c1-16-13-19(17-9-11-20(12-10-17)25(26,27)28)15-24(30-16)23-8-4-7-22(31-23)18-5-3-6-21(14-18)34(32,33)29-2/h3-15,29H,1-2H3. The number of nitrogens with zero attached hydrogens (tertiary/aromatic N) is 2. The van der Waals surface area contributed by atoms with Crippen LogP contribution < -0.4 is 4.72 Å². The van der Waals surface area contributed by atoms with Gasteiger partial charge in [-0.3, -0.25) is 4.98 Å². The van der Waals surface area contributed by atoms with E-state index in [-0.39, 0.29) is 4.90 Å². The van der Waals surface area contributed by atoms with E-state index >= 15 is 0 Å². The Labute approximate surface area is 195 Å². The Morgan fingerprint density at radius 2 is 1.41 bits per heavy atom. The lowest BCUT2D eigenvalue weighted by molar-refractivity contribution is -0.137. The first-order valence-corrected chi connectivity index (χ1v) is 11.7. The molecule has 174 valence electrons. The minimum Gasteiger partial charge on any atom is -0.251 e. The summed E-state index contributed by atoms with van der Waals surface area (Å²) >= 11 is 0. The zero-order chi connectivity index (χ0) is 24.5. The Balaban J connectivity index is 1.73. The molecule has 2 aromatic heterocycles. The second kappa shape index (κ2) is 9.00. The fourth-order valence-corrected chi connectivity index (χ4v) is 4.27. The molecular formula is C25H20F3N3O2S. The highest BCUT2D eigenvalue weighted by Gasteiger charge is 2.30. The molecule has 2 heterocycles. The van der Waals surface area contributed by atoms with Crippen molar-refractivity contribution in [3.8, 4) is 33.8 Å². The minimum absolute atomic E-state index is 0.123. The summed E-state index contributed by atoms with van der Waals surface area (Å²) in [6.07, 6.45) is -4.40. The summed E-state index contributed by atoms with van der Waals surface area (Å²) in [4.78, 5) is 9.32. The van der Waals surface area contributed by atoms with E-state index in [1.807, 2.05) is 0 Å². The number of rotatable bonds is 5. The van der Waals surface area contributed by atoms with Crippen LogP contribution in [0.2, 0.25) is 0 Å². The third kappa shape index (κ3) is 5.00. The SMILES string of the molecule is CNS(=O)(=O)c1cccc(-c2cccc(-c3cc(-c4ccc(C(F)(F)F)cc4)cc(C)n3)n2)c1. The topological polar surface area (TPSA) is 72.0 Å². The van der Waals surface area contributed by atoms with Gasteiger partial charge in [0.1, 0.15) is 0 Å². The van der Waals surface area contributed by atoms with E-state index in [1.165, 1.54) is 31.3 Å². The van der Waals surface area contributed by atoms with Crippen LogP contribution in [0.5, 0.6) is 0 Å². The summed E-state index contributed by atoms with van der Waals surface area (Å²) in [5.41, 5.74) is 3.60. The number of hydrogen-bond donors (Lipinski definition) is 1. The number of alkyl halides is 3. The molecular weight excluding hydrogens is 463 g/mol. The molecule has 1 N–H and O–H groups in total. The van der Waals surface area contributed by atoms with Gasteiger partial charge >= 0.3 is 6.18 Å². The van der Waals surface area contributed by atoms with Crippen molar-refractivity contribution in [3.63, 3.8) is 0 Å². The van der Waals surface area contributed by atoms with Crippen molar-refractivity contribution < 1.29 is 21.6 Å². The largest absolute Gasteiger partial charge is 0.416 e. The van der Waals surface area contributed by atoms with Crippen LogP contribution in [0.4, 0.5) is 13.2 Å². The van der Waals surface area contributed by atoms with E-state index in [2.05, 4.69) is 14.7 Å². The van der Waals surface area contributed by atoms with Gasteiger partial charge in [0, 0.05) is 11.3 Å². The van der Waals surface area contributed by atoms with Crippen LogP contribution in [0.25, 0.3) is 33.8 Å². The van der Waals surface area contributed by atoms with Gasteiger partial charge in [-0.2, -0.15) is 13.2 Å². The third-order valence-corrected chi connectivity index (χ3v) is 6.63. The molecule has 9 heteroatoms. The number of nitrogens with one attached hydrogen (secondary N) is 1. The Hall–Kier alpha value is -3.56. The van der Waals surface area contributed by atoms with Crippen LogP contribution >= 0.6 is 0 Å². The molecule has 0 aliphatic rings. The Kier molecular flexibility index (Phi) is 6.24. The molecule has 0 amide bonds. The normalized spacial score (nSPS) is 12.0. The Morgan fingerprint density at radius 3 is 2.09 bits per heavy atom. The predicted molar refractivity (Wildman–Crippen MR) is 124 cm³/mol. The van der Waals surface area contributed by atoms with Gasteiger partial charge in [0.05, 0.1) is 27.5 Å². The first-order valence-electron chi connectivity index (χ1n) is 10.2. The number of hydrogen-bond acceptors (Lipinski definition) is 4. The highest BCUT2D eigenvalue weighted by molar-refractivity contribution is 7.89. The van der Waals surface area contributed by atoms with Crippen LogP contribution in [0, 0.1) is 6.92 Å². The summed E-state index contributed by atoms with van der Waals surface area (Å²) < 4.78 is 65.3. The molecule has 0 aliphatic heterocycles. The number of benzene rings is 2. The average molecular weight is 484 g/mol. The van der Waals surface area contributed by atoms with Gasteiger partial charge in [-0.25, -0.2) is 18.1 Å². The number of halogens is 3. The number of pyridine rings is 2. The molecule has 0 radical (unpaired) electrons. The lowest BCUT2D eigenvalue weighted by atomic mass is 10.0. The van der Waals surface area contributed by atoms with E-state index in [9.17, 15) is 21.6 Å². The second-order valence-corrected chi connectivity index (χ2v) is 9.49. The summed E-state index contributed by atoms with van der Waals surface area (Å²) in [5.74, 6) is 0. The smallest absolute Gasteiger partial charge is 0.251 e. The lowest BCUT2D eigenvalue weighted by Gasteiger charge is -2.11. The number of aryl methyl sites for hydroxylation is 1. The van der Waals surface area contributed by atoms with Crippen molar-refractivity contribution in [2.24, 2.45) is 0 Å². The molecule has 5 nitrogen and oxygen atoms in total. The van der Waals surface area contributed by atoms with Gasteiger partial charge in [-0.15, -0.1) is 0 Å². The van der Waals surface area contributed by atoms with Crippen molar-refractivity contribution in [2.45, 2.75) is 18.0 Å². The molecule has 0 aliphatic carbocycles. The van der Waals surface area contributed by atoms with Gasteiger partial charge in [0.25, 0.3) is 0 Å². The van der Waals surface area contributed by atoms with E-state index in [4.69, 9.17) is 0 Å². The highest BCUT2D eigenvalue weighted by atomic mass is 32.2. The van der Waals surface area contributed by atoms with Gasteiger partial charge in [0.2, 0.25) is 10.0 Å². The maximum Gasteiger partial charge on any atom is 0.416 e. The molecule has 0 saturated heterocycles. The molecule has 0 spiro atoms. The van der Waals surface area contributed by atoms with E-state index < -0.39 is 21.8 Å². The zero-order valence-corrected chi connectivity index (χ0v) is 19.1. The molecule has 0 unspecified atom stereocenters. The van der Waals surface area contributed by atoms with Crippen LogP contribution in [0.3, 0.4) is 0 Å². The molecule has 2 aromatic carbocycles. The van der Waals surface area contributed by atoms with Crippen molar-refractivity contribution in [1.29, 1.82) is 0 Å². The monoisotopic (exact) mass is 483 g/mol. The quantitative estimate of drug-likeness (QED) is 0.395. The lowest BCUT2D eigenvalue weighted by Crippen LogP contribution is -2.18. The van der Waals surface area contributed by atoms with Crippen LogP contribution in [0.1, 0.15) is 11.3 Å². The van der Waals surface area contributed by atoms with Crippen molar-refractivity contribution >= 4 is 10.0 Å². The van der Waals surface area contributed by atoms with Gasteiger partial charge in [-0.1, -0.05) is 30.3 Å². The first kappa shape index (κ1) is 23.6. The van der Waals surface area contributed by atoms with Crippen molar-refractivity contribution in [2.75, 3.05) is 7.05 Å². The van der Waals surface area contributed by atoms with Crippen LogP contribution in [-0.4, -0.2) is 25.4 Å². The first-order chi connectivity index (χ1) is 16.1. The Morgan fingerprint density at radius 1 is 0.735 bits per heavy atom. The third-order valence-electron chi connectivity index (χ3n) is 5.22. The van der Waals surface area contributed by atoms with Gasteiger partial charge in [-0.05, 0) is 73.6 Å². The van der Waals surface area contributed by atoms with E-state index in [1.54, 1.807) is 49.4 Å². The van der Waals surface area contributed by atoms with Gasteiger partial charge in [0.15, 0.2) is 0 Å². The van der Waals surface area contributed by atoms with Gasteiger partial charge < -0.3 is 0 Å². The van der Waals surface area contributed by atoms with Crippen LogP contribution in [0.15, 0.2) is 83.8 Å². The fraction of sp³-hybridized carbons (Fsp3) is 0.120. The summed E-state index contributed by atoms with van der Waals surface area (Å²) in [6, 6.07) is 20.3. The summed E-state index contributed by atoms with van der Waals surface area (Å²) in [6.45, 7) is 1.80. The zero-order valence-electron chi connectivity index (χ0n) is 18.3. The summed E-state index contributed by atoms with van der Waals surface area (Å²) in [5, 5.41) is 0. The van der Waals surface area contributed by atoms with Crippen molar-refractivity contribution in [1.82, 2.24) is 14.7 Å². The number of aromatic nitrogens is 2. The van der Waals surface area contributed by atoms with E-state index in [0.717, 1.165) is 12.1 Å². The Bertz CT molecular complexity index is 1450. The maximum absolute atomic E-state index is 12.9. The molecule has 0 bridgehead atoms. The maximum atomic E-state index is 12.9. The highest BCUT2D eigenvalue weighted by Crippen LogP contribution is 2.32. The average Bonchev–Trinajstić information content (AvgIpc) is 2.83. The minimum atomic E-state index is -4.40. The fourth-order valence-electron chi connectivity index (χ4n) is 3.50. The van der Waals surface area contributed by atoms with Crippen LogP contribution in [-0.2, 0) is 16.2 Å². The predicted octanol–water partition coefficient (Wildman–Crippen LogP) is 5.71. The van der Waals surface area contributed by atoms with E-state index in [0.29, 0.717) is 39.5 Å². The second-order valence-electron chi connectivity index (χ2n) is 7.60. The molecule has 0 saturated carbocycles. The van der Waals surface area contributed by atoms with Crippen molar-refractivity contribution in [3.05, 3.63) is 90.1 Å². The summed E-state index contributed by atoms with van der Waals surface area (Å²) in [7, 11) is -2.26. The molecule has 4 aromatic rings. The molecule has 0 atom stereocenters. The molecule has 34 heavy (non-hydrogen) atoms. The molecule has 4 rings (SSSR count). The molecule has 0 fully saturated rings.